The number of halogens is 2. The van der Waals surface area contributed by atoms with Gasteiger partial charge in [-0.05, 0) is 31.2 Å². The van der Waals surface area contributed by atoms with Crippen molar-refractivity contribution in [3.63, 3.8) is 0 Å². The Kier molecular flexibility index (Phi) is 3.55. The number of benzene rings is 2. The number of hydrogen-bond acceptors (Lipinski definition) is 2. The van der Waals surface area contributed by atoms with Crippen molar-refractivity contribution < 1.29 is 9.13 Å². The van der Waals surface area contributed by atoms with Gasteiger partial charge in [0.25, 0.3) is 0 Å². The van der Waals surface area contributed by atoms with Gasteiger partial charge in [0.05, 0.1) is 23.7 Å². The first-order chi connectivity index (χ1) is 10.1. The molecule has 0 aliphatic heterocycles. The van der Waals surface area contributed by atoms with Crippen LogP contribution in [-0.4, -0.2) is 16.7 Å². The lowest BCUT2D eigenvalue weighted by molar-refractivity contribution is 0.414. The lowest BCUT2D eigenvalue weighted by Gasteiger charge is -2.11. The average Bonchev–Trinajstić information content (AvgIpc) is 2.88. The molecule has 0 radical (unpaired) electrons. The lowest BCUT2D eigenvalue weighted by atomic mass is 10.2. The number of aromatic nitrogens is 2. The summed E-state index contributed by atoms with van der Waals surface area (Å²) >= 11 is 6.22. The average molecular weight is 305 g/mol. The van der Waals surface area contributed by atoms with Gasteiger partial charge in [-0.15, -0.1) is 11.6 Å². The van der Waals surface area contributed by atoms with E-state index in [9.17, 15) is 4.39 Å². The van der Waals surface area contributed by atoms with Crippen molar-refractivity contribution in [2.75, 3.05) is 7.11 Å². The third-order valence-electron chi connectivity index (χ3n) is 3.33. The molecule has 0 saturated heterocycles. The Balaban J connectivity index is 2.33. The molecule has 0 spiro atoms. The number of para-hydroxylation sites is 1. The second-order valence-electron chi connectivity index (χ2n) is 4.73. The molecule has 1 aromatic heterocycles. The molecule has 108 valence electrons. The van der Waals surface area contributed by atoms with E-state index in [4.69, 9.17) is 16.3 Å². The van der Waals surface area contributed by atoms with Gasteiger partial charge in [0, 0.05) is 6.07 Å². The predicted octanol–water partition coefficient (Wildman–Crippen LogP) is 4.47. The number of alkyl halides is 1. The fourth-order valence-electron chi connectivity index (χ4n) is 2.37. The third-order valence-corrected chi connectivity index (χ3v) is 3.52. The van der Waals surface area contributed by atoms with Crippen LogP contribution in [0.25, 0.3) is 16.7 Å². The summed E-state index contributed by atoms with van der Waals surface area (Å²) in [6.45, 7) is 1.82. The zero-order valence-electron chi connectivity index (χ0n) is 11.7. The molecule has 0 N–H and O–H groups in total. The van der Waals surface area contributed by atoms with E-state index in [1.54, 1.807) is 13.2 Å². The number of methoxy groups -OCH3 is 1. The van der Waals surface area contributed by atoms with Crippen molar-refractivity contribution in [1.82, 2.24) is 9.55 Å². The SMILES string of the molecule is COc1cccc(-n2c(C(C)Cl)nc3c(F)cccc32)c1. The van der Waals surface area contributed by atoms with Crippen LogP contribution >= 0.6 is 11.6 Å². The van der Waals surface area contributed by atoms with Gasteiger partial charge in [-0.25, -0.2) is 9.37 Å². The molecule has 0 amide bonds. The van der Waals surface area contributed by atoms with Crippen LogP contribution < -0.4 is 4.74 Å². The summed E-state index contributed by atoms with van der Waals surface area (Å²) < 4.78 is 21.1. The summed E-state index contributed by atoms with van der Waals surface area (Å²) in [4.78, 5) is 4.36. The first kappa shape index (κ1) is 13.9. The Labute approximate surface area is 126 Å². The minimum absolute atomic E-state index is 0.322. The standard InChI is InChI=1S/C16H14ClFN2O/c1-10(17)16-19-15-13(18)7-4-8-14(15)20(16)11-5-3-6-12(9-11)21-2/h3-10H,1-2H3. The monoisotopic (exact) mass is 304 g/mol. The highest BCUT2D eigenvalue weighted by Gasteiger charge is 2.18. The zero-order chi connectivity index (χ0) is 15.0. The van der Waals surface area contributed by atoms with Crippen LogP contribution in [0.4, 0.5) is 4.39 Å². The second kappa shape index (κ2) is 5.37. The van der Waals surface area contributed by atoms with Crippen molar-refractivity contribution in [2.24, 2.45) is 0 Å². The van der Waals surface area contributed by atoms with E-state index in [0.717, 1.165) is 11.4 Å². The summed E-state index contributed by atoms with van der Waals surface area (Å²) in [7, 11) is 1.61. The minimum Gasteiger partial charge on any atom is -0.497 e. The molecule has 5 heteroatoms. The minimum atomic E-state index is -0.354. The molecule has 0 aliphatic rings. The topological polar surface area (TPSA) is 27.1 Å². The van der Waals surface area contributed by atoms with Gasteiger partial charge in [0.1, 0.15) is 17.1 Å². The van der Waals surface area contributed by atoms with Gasteiger partial charge in [-0.2, -0.15) is 0 Å². The molecule has 1 heterocycles. The quantitative estimate of drug-likeness (QED) is 0.667. The summed E-state index contributed by atoms with van der Waals surface area (Å²) in [5.41, 5.74) is 1.85. The van der Waals surface area contributed by atoms with E-state index < -0.39 is 0 Å². The highest BCUT2D eigenvalue weighted by Crippen LogP contribution is 2.30. The van der Waals surface area contributed by atoms with Crippen LogP contribution in [0.1, 0.15) is 18.1 Å². The molecule has 3 nitrogen and oxygen atoms in total. The number of fused-ring (bicyclic) bond motifs is 1. The first-order valence-corrected chi connectivity index (χ1v) is 7.01. The summed E-state index contributed by atoms with van der Waals surface area (Å²) in [5, 5.41) is -0.344. The van der Waals surface area contributed by atoms with Crippen LogP contribution in [0.2, 0.25) is 0 Å². The fourth-order valence-corrected chi connectivity index (χ4v) is 2.52. The summed E-state index contributed by atoms with van der Waals surface area (Å²) in [6.07, 6.45) is 0. The zero-order valence-corrected chi connectivity index (χ0v) is 12.4. The Morgan fingerprint density at radius 3 is 2.71 bits per heavy atom. The van der Waals surface area contributed by atoms with Crippen LogP contribution in [-0.2, 0) is 0 Å². The molecule has 3 aromatic rings. The Morgan fingerprint density at radius 1 is 1.24 bits per heavy atom. The molecule has 1 atom stereocenters. The summed E-state index contributed by atoms with van der Waals surface area (Å²) in [5.74, 6) is 0.969. The second-order valence-corrected chi connectivity index (χ2v) is 5.39. The van der Waals surface area contributed by atoms with Crippen molar-refractivity contribution in [3.05, 3.63) is 54.1 Å². The van der Waals surface area contributed by atoms with E-state index in [0.29, 0.717) is 16.9 Å². The van der Waals surface area contributed by atoms with Crippen LogP contribution in [0.15, 0.2) is 42.5 Å². The smallest absolute Gasteiger partial charge is 0.151 e. The van der Waals surface area contributed by atoms with Gasteiger partial charge < -0.3 is 4.74 Å². The molecule has 21 heavy (non-hydrogen) atoms. The maximum absolute atomic E-state index is 14.0. The molecule has 1 unspecified atom stereocenters. The van der Waals surface area contributed by atoms with Crippen LogP contribution in [0.5, 0.6) is 5.75 Å². The summed E-state index contributed by atoms with van der Waals surface area (Å²) in [6, 6.07) is 12.4. The molecular formula is C16H14ClFN2O. The fraction of sp³-hybridized carbons (Fsp3) is 0.188. The number of rotatable bonds is 3. The lowest BCUT2D eigenvalue weighted by Crippen LogP contribution is -2.02. The normalized spacial score (nSPS) is 12.6. The molecule has 2 aromatic carbocycles. The molecule has 0 saturated carbocycles. The molecular weight excluding hydrogens is 291 g/mol. The number of hydrogen-bond donors (Lipinski definition) is 0. The van der Waals surface area contributed by atoms with Crippen LogP contribution in [0.3, 0.4) is 0 Å². The van der Waals surface area contributed by atoms with Gasteiger partial charge in [0.15, 0.2) is 5.82 Å². The van der Waals surface area contributed by atoms with Crippen molar-refractivity contribution >= 4 is 22.6 Å². The molecule has 3 rings (SSSR count). The molecule has 0 bridgehead atoms. The van der Waals surface area contributed by atoms with Gasteiger partial charge in [-0.3, -0.25) is 4.57 Å². The number of nitrogens with zero attached hydrogens (tertiary/aromatic N) is 2. The van der Waals surface area contributed by atoms with E-state index in [-0.39, 0.29) is 11.2 Å². The van der Waals surface area contributed by atoms with Crippen molar-refractivity contribution in [3.8, 4) is 11.4 Å². The largest absolute Gasteiger partial charge is 0.497 e. The van der Waals surface area contributed by atoms with Crippen LogP contribution in [0, 0.1) is 5.82 Å². The number of imidazole rings is 1. The Morgan fingerprint density at radius 2 is 2.00 bits per heavy atom. The van der Waals surface area contributed by atoms with Gasteiger partial charge in [0.2, 0.25) is 0 Å². The van der Waals surface area contributed by atoms with E-state index >= 15 is 0 Å². The maximum atomic E-state index is 14.0. The predicted molar refractivity (Wildman–Crippen MR) is 81.8 cm³/mol. The van der Waals surface area contributed by atoms with Crippen molar-refractivity contribution in [2.45, 2.75) is 12.3 Å². The third kappa shape index (κ3) is 2.36. The highest BCUT2D eigenvalue weighted by molar-refractivity contribution is 6.20. The maximum Gasteiger partial charge on any atom is 0.151 e. The molecule has 0 aliphatic carbocycles. The van der Waals surface area contributed by atoms with E-state index in [1.165, 1.54) is 6.07 Å². The molecule has 0 fully saturated rings. The first-order valence-electron chi connectivity index (χ1n) is 6.57. The van der Waals surface area contributed by atoms with Gasteiger partial charge in [-0.1, -0.05) is 12.1 Å². The Bertz CT molecular complexity index is 798. The van der Waals surface area contributed by atoms with E-state index in [1.807, 2.05) is 41.8 Å². The highest BCUT2D eigenvalue weighted by atomic mass is 35.5. The Hall–Kier alpha value is -2.07. The van der Waals surface area contributed by atoms with E-state index in [2.05, 4.69) is 4.98 Å². The van der Waals surface area contributed by atoms with Gasteiger partial charge >= 0.3 is 0 Å². The number of ether oxygens (including phenoxy) is 1. The van der Waals surface area contributed by atoms with Crippen molar-refractivity contribution in [1.29, 1.82) is 0 Å².